The van der Waals surface area contributed by atoms with Crippen LogP contribution in [0.25, 0.3) is 0 Å². The Morgan fingerprint density at radius 2 is 1.83 bits per heavy atom. The lowest BCUT2D eigenvalue weighted by Crippen LogP contribution is -2.52. The van der Waals surface area contributed by atoms with Gasteiger partial charge in [0.15, 0.2) is 0 Å². The summed E-state index contributed by atoms with van der Waals surface area (Å²) in [4.78, 5) is 31.5. The molecule has 7 heteroatoms. The van der Waals surface area contributed by atoms with Crippen LogP contribution in [0.5, 0.6) is 0 Å². The quantitative estimate of drug-likeness (QED) is 0.859. The van der Waals surface area contributed by atoms with Crippen LogP contribution in [0.2, 0.25) is 0 Å². The molecule has 2 fully saturated rings. The van der Waals surface area contributed by atoms with Gasteiger partial charge >= 0.3 is 5.69 Å². The van der Waals surface area contributed by atoms with Gasteiger partial charge in [-0.25, -0.2) is 4.79 Å². The zero-order valence-corrected chi connectivity index (χ0v) is 14.6. The molecule has 23 heavy (non-hydrogen) atoms. The highest BCUT2D eigenvalue weighted by atomic mass is 32.2. The molecule has 2 aliphatic heterocycles. The molecule has 0 atom stereocenters. The summed E-state index contributed by atoms with van der Waals surface area (Å²) in [6, 6.07) is 2.25. The highest BCUT2D eigenvalue weighted by molar-refractivity contribution is 7.99. The van der Waals surface area contributed by atoms with E-state index in [9.17, 15) is 9.59 Å². The van der Waals surface area contributed by atoms with Crippen LogP contribution < -0.4 is 11.2 Å². The second-order valence-corrected chi connectivity index (χ2v) is 7.69. The van der Waals surface area contributed by atoms with E-state index >= 15 is 0 Å². The molecule has 0 amide bonds. The first-order valence-corrected chi connectivity index (χ1v) is 9.64. The topological polar surface area (TPSA) is 61.3 Å². The van der Waals surface area contributed by atoms with Crippen LogP contribution in [0.4, 0.5) is 0 Å². The van der Waals surface area contributed by atoms with Crippen LogP contribution >= 0.6 is 11.8 Å². The fourth-order valence-electron chi connectivity index (χ4n) is 3.49. The Bertz CT molecular complexity index is 596. The average Bonchev–Trinajstić information content (AvgIpc) is 2.55. The van der Waals surface area contributed by atoms with Crippen molar-refractivity contribution in [2.24, 2.45) is 0 Å². The zero-order valence-electron chi connectivity index (χ0n) is 13.8. The molecule has 3 rings (SSSR count). The number of aromatic amines is 1. The lowest BCUT2D eigenvalue weighted by atomic mass is 10.1. The minimum absolute atomic E-state index is 0.204. The van der Waals surface area contributed by atoms with E-state index in [1.807, 2.05) is 0 Å². The smallest absolute Gasteiger partial charge is 0.311 e. The summed E-state index contributed by atoms with van der Waals surface area (Å²) < 4.78 is 1.30. The van der Waals surface area contributed by atoms with E-state index in [4.69, 9.17) is 0 Å². The third kappa shape index (κ3) is 4.28. The molecule has 128 valence electrons. The van der Waals surface area contributed by atoms with E-state index in [0.717, 1.165) is 38.8 Å². The minimum Gasteiger partial charge on any atom is -0.311 e. The molecule has 1 aromatic heterocycles. The molecule has 1 aromatic rings. The SMILES string of the molecule is Cc1cc(=O)n(CCN2CCN(C3CCSCC3)CC2)c(=O)[nH]1. The summed E-state index contributed by atoms with van der Waals surface area (Å²) in [5, 5.41) is 0. The molecule has 0 spiro atoms. The van der Waals surface area contributed by atoms with E-state index in [1.54, 1.807) is 6.92 Å². The monoisotopic (exact) mass is 338 g/mol. The van der Waals surface area contributed by atoms with Gasteiger partial charge in [0, 0.05) is 57.1 Å². The molecule has 0 bridgehead atoms. The molecular formula is C16H26N4O2S. The van der Waals surface area contributed by atoms with Crippen molar-refractivity contribution in [2.45, 2.75) is 32.4 Å². The van der Waals surface area contributed by atoms with Crippen LogP contribution in [0.1, 0.15) is 18.5 Å². The van der Waals surface area contributed by atoms with Crippen molar-refractivity contribution < 1.29 is 0 Å². The molecule has 6 nitrogen and oxygen atoms in total. The Balaban J connectivity index is 1.49. The first-order chi connectivity index (χ1) is 11.1. The van der Waals surface area contributed by atoms with Gasteiger partial charge in [-0.2, -0.15) is 11.8 Å². The number of aromatic nitrogens is 2. The number of hydrogen-bond acceptors (Lipinski definition) is 5. The lowest BCUT2D eigenvalue weighted by molar-refractivity contribution is 0.0895. The maximum Gasteiger partial charge on any atom is 0.328 e. The van der Waals surface area contributed by atoms with E-state index in [2.05, 4.69) is 26.5 Å². The van der Waals surface area contributed by atoms with Crippen molar-refractivity contribution in [1.82, 2.24) is 19.4 Å². The van der Waals surface area contributed by atoms with E-state index in [1.165, 1.54) is 35.0 Å². The van der Waals surface area contributed by atoms with Gasteiger partial charge in [0.25, 0.3) is 5.56 Å². The van der Waals surface area contributed by atoms with Gasteiger partial charge in [-0.05, 0) is 31.3 Å². The molecule has 2 saturated heterocycles. The summed E-state index contributed by atoms with van der Waals surface area (Å²) >= 11 is 2.07. The Morgan fingerprint density at radius 1 is 1.13 bits per heavy atom. The third-order valence-electron chi connectivity index (χ3n) is 4.91. The second-order valence-electron chi connectivity index (χ2n) is 6.47. The van der Waals surface area contributed by atoms with E-state index < -0.39 is 0 Å². The highest BCUT2D eigenvalue weighted by Crippen LogP contribution is 2.22. The number of rotatable bonds is 4. The minimum atomic E-state index is -0.298. The Labute approximate surface area is 140 Å². The summed E-state index contributed by atoms with van der Waals surface area (Å²) in [6.07, 6.45) is 2.64. The molecule has 0 unspecified atom stereocenters. The first kappa shape index (κ1) is 16.8. The number of H-pyrrole nitrogens is 1. The molecule has 0 aromatic carbocycles. The number of hydrogen-bond donors (Lipinski definition) is 1. The summed E-state index contributed by atoms with van der Waals surface area (Å²) in [5.41, 5.74) is 0.119. The number of aryl methyl sites for hydroxylation is 1. The molecular weight excluding hydrogens is 312 g/mol. The maximum absolute atomic E-state index is 11.9. The lowest BCUT2D eigenvalue weighted by Gasteiger charge is -2.40. The summed E-state index contributed by atoms with van der Waals surface area (Å²) in [7, 11) is 0. The van der Waals surface area contributed by atoms with Crippen LogP contribution in [0.3, 0.4) is 0 Å². The maximum atomic E-state index is 11.9. The summed E-state index contributed by atoms with van der Waals surface area (Å²) in [6.45, 7) is 7.23. The van der Waals surface area contributed by atoms with Gasteiger partial charge in [-0.1, -0.05) is 0 Å². The van der Waals surface area contributed by atoms with Crippen LogP contribution in [-0.2, 0) is 6.54 Å². The molecule has 0 aliphatic carbocycles. The van der Waals surface area contributed by atoms with Gasteiger partial charge in [-0.15, -0.1) is 0 Å². The highest BCUT2D eigenvalue weighted by Gasteiger charge is 2.25. The normalized spacial score (nSPS) is 21.6. The Hall–Kier alpha value is -1.05. The average molecular weight is 338 g/mol. The predicted molar refractivity (Wildman–Crippen MR) is 94.4 cm³/mol. The molecule has 2 aliphatic rings. The number of piperazine rings is 1. The van der Waals surface area contributed by atoms with Crippen LogP contribution in [0.15, 0.2) is 15.7 Å². The van der Waals surface area contributed by atoms with Crippen molar-refractivity contribution in [1.29, 1.82) is 0 Å². The van der Waals surface area contributed by atoms with Crippen LogP contribution in [0, 0.1) is 6.92 Å². The number of thioether (sulfide) groups is 1. The molecule has 3 heterocycles. The van der Waals surface area contributed by atoms with Crippen LogP contribution in [-0.4, -0.2) is 69.6 Å². The van der Waals surface area contributed by atoms with Crippen molar-refractivity contribution in [3.05, 3.63) is 32.6 Å². The van der Waals surface area contributed by atoms with Gasteiger partial charge in [0.05, 0.1) is 0 Å². The van der Waals surface area contributed by atoms with E-state index in [0.29, 0.717) is 12.2 Å². The van der Waals surface area contributed by atoms with Crippen molar-refractivity contribution in [2.75, 3.05) is 44.2 Å². The third-order valence-corrected chi connectivity index (χ3v) is 5.96. The Kier molecular flexibility index (Phi) is 5.61. The Morgan fingerprint density at radius 3 is 2.48 bits per heavy atom. The standard InChI is InChI=1S/C16H26N4O2S/c1-13-12-15(21)20(16(22)17-13)9-6-18-4-7-19(8-5-18)14-2-10-23-11-3-14/h12,14H,2-11H2,1H3,(H,17,22). The van der Waals surface area contributed by atoms with E-state index in [-0.39, 0.29) is 11.2 Å². The molecule has 1 N–H and O–H groups in total. The fourth-order valence-corrected chi connectivity index (χ4v) is 4.57. The summed E-state index contributed by atoms with van der Waals surface area (Å²) in [5.74, 6) is 2.59. The van der Waals surface area contributed by atoms with Gasteiger partial charge in [0.1, 0.15) is 0 Å². The zero-order chi connectivity index (χ0) is 16.2. The molecule has 0 saturated carbocycles. The van der Waals surface area contributed by atoms with Crippen molar-refractivity contribution in [3.63, 3.8) is 0 Å². The second kappa shape index (κ2) is 7.68. The van der Waals surface area contributed by atoms with Crippen molar-refractivity contribution >= 4 is 11.8 Å². The predicted octanol–water partition coefficient (Wildman–Crippen LogP) is 0.358. The van der Waals surface area contributed by atoms with Gasteiger partial charge < -0.3 is 4.98 Å². The first-order valence-electron chi connectivity index (χ1n) is 8.48. The largest absolute Gasteiger partial charge is 0.328 e. The fraction of sp³-hybridized carbons (Fsp3) is 0.750. The number of nitrogens with one attached hydrogen (secondary N) is 1. The molecule has 0 radical (unpaired) electrons. The number of nitrogens with zero attached hydrogens (tertiary/aromatic N) is 3. The van der Waals surface area contributed by atoms with Crippen molar-refractivity contribution in [3.8, 4) is 0 Å². The van der Waals surface area contributed by atoms with Gasteiger partial charge in [0.2, 0.25) is 0 Å². The van der Waals surface area contributed by atoms with Gasteiger partial charge in [-0.3, -0.25) is 19.2 Å².